The zero-order chi connectivity index (χ0) is 30.4. The normalized spacial score (nSPS) is 34.2. The van der Waals surface area contributed by atoms with Gasteiger partial charge in [0.1, 0.15) is 21.8 Å². The lowest BCUT2D eigenvalue weighted by Gasteiger charge is -2.60. The van der Waals surface area contributed by atoms with Crippen molar-refractivity contribution < 1.29 is 19.4 Å². The molecule has 0 radical (unpaired) electrons. The van der Waals surface area contributed by atoms with E-state index in [0.717, 1.165) is 57.3 Å². The Labute approximate surface area is 263 Å². The summed E-state index contributed by atoms with van der Waals surface area (Å²) in [5.41, 5.74) is 2.71. The quantitative estimate of drug-likeness (QED) is 0.251. The molecule has 3 saturated carbocycles. The van der Waals surface area contributed by atoms with E-state index < -0.39 is 17.1 Å². The van der Waals surface area contributed by atoms with Crippen molar-refractivity contribution in [1.82, 2.24) is 19.7 Å². The second-order valence-corrected chi connectivity index (χ2v) is 15.8. The van der Waals surface area contributed by atoms with E-state index in [1.165, 1.54) is 40.8 Å². The highest BCUT2D eigenvalue weighted by Crippen LogP contribution is 2.67. The Kier molecular flexibility index (Phi) is 6.51. The van der Waals surface area contributed by atoms with Crippen LogP contribution in [0.1, 0.15) is 57.2 Å². The standard InChI is InChI=1S/C34H35FN4O3S2/c1-32-15-19-17-37-39(22-8-6-21(35)7-9-22)26(19)14-20(32)5-10-23-24-11-12-34(42,33(24,2)16-27(40)29(23)32)28(41)18-43-31-38-25-4-3-13-36-30(25)44-31/h3-4,6-9,13-14,17,23-24,27,29,40,42H,5,10-12,15-16,18H2,1-2H3/t23?,24?,27?,29?,32?,33?,34-/m0/s1. The number of fused-ring (bicyclic) bond motifs is 7. The number of thiazole rings is 1. The summed E-state index contributed by atoms with van der Waals surface area (Å²) >= 11 is 2.84. The molecule has 2 N–H and O–H groups in total. The van der Waals surface area contributed by atoms with Gasteiger partial charge in [-0.15, -0.1) is 0 Å². The Morgan fingerprint density at radius 3 is 2.82 bits per heavy atom. The third kappa shape index (κ3) is 4.06. The van der Waals surface area contributed by atoms with Crippen LogP contribution >= 0.6 is 23.1 Å². The number of rotatable bonds is 5. The average molecular weight is 631 g/mol. The van der Waals surface area contributed by atoms with Gasteiger partial charge in [-0.05, 0) is 110 Å². The van der Waals surface area contributed by atoms with Crippen molar-refractivity contribution in [3.05, 3.63) is 71.4 Å². The molecule has 0 aliphatic heterocycles. The number of hydrogen-bond acceptors (Lipinski definition) is 8. The number of halogens is 1. The van der Waals surface area contributed by atoms with Gasteiger partial charge in [-0.2, -0.15) is 5.10 Å². The fourth-order valence-electron chi connectivity index (χ4n) is 9.49. The van der Waals surface area contributed by atoms with Crippen LogP contribution in [0, 0.1) is 34.4 Å². The Morgan fingerprint density at radius 2 is 2.02 bits per heavy atom. The van der Waals surface area contributed by atoms with E-state index in [1.54, 1.807) is 18.3 Å². The number of aliphatic hydroxyl groups is 2. The van der Waals surface area contributed by atoms with Crippen molar-refractivity contribution in [3.8, 4) is 5.69 Å². The van der Waals surface area contributed by atoms with Gasteiger partial charge in [0.25, 0.3) is 0 Å². The Hall–Kier alpha value is -2.92. The van der Waals surface area contributed by atoms with E-state index in [1.807, 2.05) is 29.9 Å². The van der Waals surface area contributed by atoms with Crippen LogP contribution in [-0.4, -0.2) is 53.2 Å². The van der Waals surface area contributed by atoms with E-state index in [2.05, 4.69) is 28.1 Å². The molecule has 4 aromatic rings. The van der Waals surface area contributed by atoms with Gasteiger partial charge < -0.3 is 10.2 Å². The Balaban J connectivity index is 1.05. The monoisotopic (exact) mass is 630 g/mol. The molecule has 44 heavy (non-hydrogen) atoms. The topological polar surface area (TPSA) is 101 Å². The van der Waals surface area contributed by atoms with E-state index in [4.69, 9.17) is 0 Å². The second kappa shape index (κ2) is 10.0. The number of Topliss-reactive ketones (excluding diaryl/α,β-unsaturated/α-hetero) is 1. The van der Waals surface area contributed by atoms with Crippen LogP contribution < -0.4 is 0 Å². The molecule has 10 heteroatoms. The summed E-state index contributed by atoms with van der Waals surface area (Å²) in [5, 5.41) is 28.8. The lowest BCUT2D eigenvalue weighted by molar-refractivity contribution is -0.177. The Bertz CT molecular complexity index is 1790. The molecule has 3 aromatic heterocycles. The zero-order valence-electron chi connectivity index (χ0n) is 24.7. The molecule has 7 nitrogen and oxygen atoms in total. The van der Waals surface area contributed by atoms with Crippen LogP contribution in [0.3, 0.4) is 0 Å². The van der Waals surface area contributed by atoms with Crippen molar-refractivity contribution in [2.45, 2.75) is 68.4 Å². The predicted octanol–water partition coefficient (Wildman–Crippen LogP) is 6.26. The fourth-order valence-corrected chi connectivity index (χ4v) is 11.4. The second-order valence-electron chi connectivity index (χ2n) is 13.6. The van der Waals surface area contributed by atoms with E-state index in [0.29, 0.717) is 12.8 Å². The fraction of sp³-hybridized carbons (Fsp3) is 0.471. The molecule has 0 bridgehead atoms. The number of hydrogen-bond donors (Lipinski definition) is 2. The number of aromatic nitrogens is 4. The van der Waals surface area contributed by atoms with Crippen LogP contribution in [0.15, 0.2) is 58.7 Å². The molecule has 7 atom stereocenters. The van der Waals surface area contributed by atoms with Crippen molar-refractivity contribution in [3.63, 3.8) is 0 Å². The maximum atomic E-state index is 13.8. The van der Waals surface area contributed by atoms with Crippen molar-refractivity contribution in [2.24, 2.45) is 28.6 Å². The van der Waals surface area contributed by atoms with E-state index in [-0.39, 0.29) is 40.5 Å². The molecule has 0 spiro atoms. The number of allylic oxidation sites excluding steroid dienone is 1. The number of pyridine rings is 1. The zero-order valence-corrected chi connectivity index (χ0v) is 26.4. The number of carbonyl (C=O) groups is 1. The van der Waals surface area contributed by atoms with E-state index >= 15 is 0 Å². The molecule has 1 aromatic carbocycles. The molecule has 3 heterocycles. The first kappa shape index (κ1) is 28.5. The summed E-state index contributed by atoms with van der Waals surface area (Å²) in [7, 11) is 0. The first-order valence-corrected chi connectivity index (χ1v) is 17.2. The lowest BCUT2D eigenvalue weighted by Crippen LogP contribution is -2.62. The summed E-state index contributed by atoms with van der Waals surface area (Å²) in [6.07, 6.45) is 9.46. The van der Waals surface area contributed by atoms with Crippen LogP contribution in [0.2, 0.25) is 0 Å². The molecule has 228 valence electrons. The first-order valence-electron chi connectivity index (χ1n) is 15.4. The van der Waals surface area contributed by atoms with Gasteiger partial charge in [0.15, 0.2) is 10.1 Å². The molecular formula is C34H35FN4O3S2. The number of carbonyl (C=O) groups excluding carboxylic acids is 1. The maximum absolute atomic E-state index is 13.8. The first-order chi connectivity index (χ1) is 21.1. The number of ketones is 1. The number of thioether (sulfide) groups is 1. The minimum atomic E-state index is -1.47. The largest absolute Gasteiger partial charge is 0.393 e. The van der Waals surface area contributed by atoms with Gasteiger partial charge in [-0.3, -0.25) is 4.79 Å². The number of aliphatic hydroxyl groups excluding tert-OH is 1. The van der Waals surface area contributed by atoms with Crippen molar-refractivity contribution in [2.75, 3.05) is 5.75 Å². The van der Waals surface area contributed by atoms with Crippen LogP contribution in [0.4, 0.5) is 4.39 Å². The predicted molar refractivity (Wildman–Crippen MR) is 169 cm³/mol. The molecule has 3 fully saturated rings. The maximum Gasteiger partial charge on any atom is 0.175 e. The van der Waals surface area contributed by atoms with Crippen molar-refractivity contribution in [1.29, 1.82) is 0 Å². The highest BCUT2D eigenvalue weighted by atomic mass is 32.2. The summed E-state index contributed by atoms with van der Waals surface area (Å²) in [6.45, 7) is 4.34. The van der Waals surface area contributed by atoms with Crippen molar-refractivity contribution >= 4 is 45.3 Å². The van der Waals surface area contributed by atoms with Crippen LogP contribution in [-0.2, 0) is 11.2 Å². The van der Waals surface area contributed by atoms with Gasteiger partial charge in [-0.1, -0.05) is 42.5 Å². The van der Waals surface area contributed by atoms with Crippen LogP contribution in [0.5, 0.6) is 0 Å². The lowest BCUT2D eigenvalue weighted by atomic mass is 9.45. The highest BCUT2D eigenvalue weighted by Gasteiger charge is 2.68. The minimum Gasteiger partial charge on any atom is -0.393 e. The van der Waals surface area contributed by atoms with E-state index in [9.17, 15) is 19.4 Å². The summed E-state index contributed by atoms with van der Waals surface area (Å²) < 4.78 is 16.2. The third-order valence-corrected chi connectivity index (χ3v) is 13.7. The molecule has 4 aliphatic rings. The van der Waals surface area contributed by atoms with Gasteiger partial charge in [0.2, 0.25) is 0 Å². The van der Waals surface area contributed by atoms with Gasteiger partial charge in [0, 0.05) is 11.6 Å². The minimum absolute atomic E-state index is 0.0324. The molecule has 0 saturated heterocycles. The third-order valence-electron chi connectivity index (χ3n) is 11.6. The SMILES string of the molecule is CC12Cc3cnn(-c4ccc(F)cc4)c3C=C1CCC1C2C(O)CC2(C)C1CC[C@]2(O)C(=O)CSc1nc2cccnc2s1. The molecular weight excluding hydrogens is 596 g/mol. The summed E-state index contributed by atoms with van der Waals surface area (Å²) in [5.74, 6) is 0.109. The average Bonchev–Trinajstić information content (AvgIpc) is 3.68. The van der Waals surface area contributed by atoms with Gasteiger partial charge >= 0.3 is 0 Å². The molecule has 6 unspecified atom stereocenters. The Morgan fingerprint density at radius 1 is 1.20 bits per heavy atom. The highest BCUT2D eigenvalue weighted by molar-refractivity contribution is 8.01. The van der Waals surface area contributed by atoms with Crippen LogP contribution in [0.25, 0.3) is 22.1 Å². The van der Waals surface area contributed by atoms with Gasteiger partial charge in [-0.25, -0.2) is 19.0 Å². The summed E-state index contributed by atoms with van der Waals surface area (Å²) in [4.78, 5) is 23.6. The number of nitrogens with zero attached hydrogens (tertiary/aromatic N) is 4. The molecule has 8 rings (SSSR count). The molecule has 4 aliphatic carbocycles. The molecule has 0 amide bonds. The number of benzene rings is 1. The smallest absolute Gasteiger partial charge is 0.175 e. The summed E-state index contributed by atoms with van der Waals surface area (Å²) in [6, 6.07) is 10.2. The van der Waals surface area contributed by atoms with Gasteiger partial charge in [0.05, 0.1) is 29.4 Å².